The van der Waals surface area contributed by atoms with Crippen molar-refractivity contribution < 1.29 is 14.0 Å². The molecule has 1 aliphatic heterocycles. The van der Waals surface area contributed by atoms with E-state index in [0.717, 1.165) is 31.7 Å². The van der Waals surface area contributed by atoms with Crippen molar-refractivity contribution in [1.82, 2.24) is 20.4 Å². The maximum absolute atomic E-state index is 13.0. The lowest BCUT2D eigenvalue weighted by atomic mass is 9.95. The minimum atomic E-state index is -0.113. The largest absolute Gasteiger partial charge is 0.467 e. The third-order valence-corrected chi connectivity index (χ3v) is 5.54. The highest BCUT2D eigenvalue weighted by Gasteiger charge is 2.37. The standard InChI is InChI=1S/C20H32N4O3/c1-15(2)22-20(26)24-11-9-23(10-12-24)18(16-6-3-4-7-16)19(25)21-14-17-8-5-13-27-17/h5,8,13,15-16,18H,3-4,6-7,9-12,14H2,1-2H3,(H,21,25)(H,22,26). The molecule has 0 spiro atoms. The monoisotopic (exact) mass is 376 g/mol. The minimum absolute atomic E-state index is 0.00987. The molecule has 0 aromatic carbocycles. The Morgan fingerprint density at radius 2 is 1.89 bits per heavy atom. The van der Waals surface area contributed by atoms with Gasteiger partial charge in [0.05, 0.1) is 18.8 Å². The SMILES string of the molecule is CC(C)NC(=O)N1CCN(C(C(=O)NCc2ccco2)C2CCCC2)CC1. The van der Waals surface area contributed by atoms with E-state index < -0.39 is 0 Å². The smallest absolute Gasteiger partial charge is 0.317 e. The predicted molar refractivity (Wildman–Crippen MR) is 103 cm³/mol. The third kappa shape index (κ3) is 5.25. The molecule has 3 rings (SSSR count). The Balaban J connectivity index is 1.58. The van der Waals surface area contributed by atoms with E-state index in [1.54, 1.807) is 6.26 Å². The van der Waals surface area contributed by atoms with Gasteiger partial charge in [-0.25, -0.2) is 4.79 Å². The van der Waals surface area contributed by atoms with Crippen molar-refractivity contribution in [2.24, 2.45) is 5.92 Å². The first kappa shape index (κ1) is 19.7. The van der Waals surface area contributed by atoms with Crippen LogP contribution in [0.1, 0.15) is 45.3 Å². The van der Waals surface area contributed by atoms with Crippen LogP contribution in [0, 0.1) is 5.92 Å². The molecule has 3 amide bonds. The van der Waals surface area contributed by atoms with Crippen molar-refractivity contribution in [3.63, 3.8) is 0 Å². The number of carbonyl (C=O) groups is 2. The molecule has 2 N–H and O–H groups in total. The van der Waals surface area contributed by atoms with E-state index in [2.05, 4.69) is 15.5 Å². The number of nitrogens with one attached hydrogen (secondary N) is 2. The molecule has 1 unspecified atom stereocenters. The quantitative estimate of drug-likeness (QED) is 0.798. The fourth-order valence-electron chi connectivity index (χ4n) is 4.18. The summed E-state index contributed by atoms with van der Waals surface area (Å²) < 4.78 is 5.33. The minimum Gasteiger partial charge on any atom is -0.467 e. The summed E-state index contributed by atoms with van der Waals surface area (Å²) in [5.41, 5.74) is 0. The molecule has 1 atom stereocenters. The molecule has 7 heteroatoms. The van der Waals surface area contributed by atoms with Gasteiger partial charge in [0.25, 0.3) is 0 Å². The Morgan fingerprint density at radius 1 is 1.19 bits per heavy atom. The van der Waals surface area contributed by atoms with Crippen LogP contribution < -0.4 is 10.6 Å². The van der Waals surface area contributed by atoms with Gasteiger partial charge in [-0.05, 0) is 44.7 Å². The van der Waals surface area contributed by atoms with Crippen molar-refractivity contribution in [2.75, 3.05) is 26.2 Å². The summed E-state index contributed by atoms with van der Waals surface area (Å²) in [6, 6.07) is 3.71. The van der Waals surface area contributed by atoms with Gasteiger partial charge >= 0.3 is 6.03 Å². The number of nitrogens with zero attached hydrogens (tertiary/aromatic N) is 2. The van der Waals surface area contributed by atoms with Gasteiger partial charge in [0.15, 0.2) is 0 Å². The zero-order valence-electron chi connectivity index (χ0n) is 16.4. The second-order valence-electron chi connectivity index (χ2n) is 7.91. The van der Waals surface area contributed by atoms with E-state index in [1.807, 2.05) is 30.9 Å². The van der Waals surface area contributed by atoms with Crippen molar-refractivity contribution in [2.45, 2.75) is 58.2 Å². The number of urea groups is 1. The zero-order valence-corrected chi connectivity index (χ0v) is 16.4. The fraction of sp³-hybridized carbons (Fsp3) is 0.700. The number of furan rings is 1. The second-order valence-corrected chi connectivity index (χ2v) is 7.91. The highest BCUT2D eigenvalue weighted by Crippen LogP contribution is 2.31. The van der Waals surface area contributed by atoms with Gasteiger partial charge in [0.1, 0.15) is 5.76 Å². The molecule has 2 fully saturated rings. The Hall–Kier alpha value is -2.02. The Kier molecular flexibility index (Phi) is 6.77. The number of amides is 3. The molecule has 7 nitrogen and oxygen atoms in total. The number of hydrogen-bond acceptors (Lipinski definition) is 4. The molecular formula is C20H32N4O3. The van der Waals surface area contributed by atoms with E-state index in [9.17, 15) is 9.59 Å². The van der Waals surface area contributed by atoms with Gasteiger partial charge < -0.3 is 20.0 Å². The lowest BCUT2D eigenvalue weighted by Gasteiger charge is -2.40. The Bertz CT molecular complexity index is 603. The molecule has 27 heavy (non-hydrogen) atoms. The van der Waals surface area contributed by atoms with Crippen LogP contribution in [-0.2, 0) is 11.3 Å². The molecule has 1 saturated heterocycles. The second kappa shape index (κ2) is 9.26. The molecular weight excluding hydrogens is 344 g/mol. The first-order valence-corrected chi connectivity index (χ1v) is 10.1. The normalized spacial score (nSPS) is 20.0. The van der Waals surface area contributed by atoms with Gasteiger partial charge in [-0.15, -0.1) is 0 Å². The van der Waals surface area contributed by atoms with Crippen LogP contribution in [0.3, 0.4) is 0 Å². The van der Waals surface area contributed by atoms with E-state index in [-0.39, 0.29) is 24.0 Å². The Morgan fingerprint density at radius 3 is 2.48 bits per heavy atom. The molecule has 0 bridgehead atoms. The average molecular weight is 377 g/mol. The zero-order chi connectivity index (χ0) is 19.2. The van der Waals surface area contributed by atoms with Crippen LogP contribution in [0.15, 0.2) is 22.8 Å². The van der Waals surface area contributed by atoms with Crippen molar-refractivity contribution in [3.05, 3.63) is 24.2 Å². The van der Waals surface area contributed by atoms with Crippen molar-refractivity contribution in [3.8, 4) is 0 Å². The summed E-state index contributed by atoms with van der Waals surface area (Å²) in [6.07, 6.45) is 6.23. The van der Waals surface area contributed by atoms with Crippen LogP contribution in [0.2, 0.25) is 0 Å². The third-order valence-electron chi connectivity index (χ3n) is 5.54. The van der Waals surface area contributed by atoms with Crippen molar-refractivity contribution >= 4 is 11.9 Å². The summed E-state index contributed by atoms with van der Waals surface area (Å²) in [5.74, 6) is 1.25. The lowest BCUT2D eigenvalue weighted by Crippen LogP contribution is -2.59. The van der Waals surface area contributed by atoms with E-state index in [4.69, 9.17) is 4.42 Å². The summed E-state index contributed by atoms with van der Waals surface area (Å²) >= 11 is 0. The first-order valence-electron chi connectivity index (χ1n) is 10.1. The number of hydrogen-bond donors (Lipinski definition) is 2. The summed E-state index contributed by atoms with van der Waals surface area (Å²) in [5, 5.41) is 6.00. The van der Waals surface area contributed by atoms with Crippen LogP contribution in [0.25, 0.3) is 0 Å². The molecule has 1 aromatic rings. The van der Waals surface area contributed by atoms with Gasteiger partial charge in [-0.2, -0.15) is 0 Å². The van der Waals surface area contributed by atoms with Gasteiger partial charge in [-0.3, -0.25) is 9.69 Å². The molecule has 1 saturated carbocycles. The van der Waals surface area contributed by atoms with E-state index in [0.29, 0.717) is 25.6 Å². The molecule has 1 aliphatic carbocycles. The first-order chi connectivity index (χ1) is 13.0. The lowest BCUT2D eigenvalue weighted by molar-refractivity contribution is -0.129. The number of piperazine rings is 1. The van der Waals surface area contributed by atoms with E-state index >= 15 is 0 Å². The maximum Gasteiger partial charge on any atom is 0.317 e. The molecule has 0 radical (unpaired) electrons. The van der Waals surface area contributed by atoms with Crippen molar-refractivity contribution in [1.29, 1.82) is 0 Å². The van der Waals surface area contributed by atoms with Crippen LogP contribution >= 0.6 is 0 Å². The Labute approximate surface area is 161 Å². The maximum atomic E-state index is 13.0. The molecule has 2 heterocycles. The topological polar surface area (TPSA) is 77.8 Å². The predicted octanol–water partition coefficient (Wildman–Crippen LogP) is 2.19. The van der Waals surface area contributed by atoms with Crippen LogP contribution in [0.4, 0.5) is 4.79 Å². The molecule has 2 aliphatic rings. The average Bonchev–Trinajstić information content (AvgIpc) is 3.34. The fourth-order valence-corrected chi connectivity index (χ4v) is 4.18. The van der Waals surface area contributed by atoms with Gasteiger partial charge in [-0.1, -0.05) is 12.8 Å². The highest BCUT2D eigenvalue weighted by atomic mass is 16.3. The summed E-state index contributed by atoms with van der Waals surface area (Å²) in [6.45, 7) is 7.15. The number of carbonyl (C=O) groups excluding carboxylic acids is 2. The van der Waals surface area contributed by atoms with Gasteiger partial charge in [0, 0.05) is 32.2 Å². The van der Waals surface area contributed by atoms with Crippen LogP contribution in [-0.4, -0.2) is 60.0 Å². The van der Waals surface area contributed by atoms with Gasteiger partial charge in [0.2, 0.25) is 5.91 Å². The number of rotatable bonds is 6. The molecule has 150 valence electrons. The highest BCUT2D eigenvalue weighted by molar-refractivity contribution is 5.82. The van der Waals surface area contributed by atoms with Crippen LogP contribution in [0.5, 0.6) is 0 Å². The van der Waals surface area contributed by atoms with E-state index in [1.165, 1.54) is 12.8 Å². The molecule has 1 aromatic heterocycles. The summed E-state index contributed by atoms with van der Waals surface area (Å²) in [4.78, 5) is 29.3. The summed E-state index contributed by atoms with van der Waals surface area (Å²) in [7, 11) is 0.